The zero-order chi connectivity index (χ0) is 16.8. The fourth-order valence-corrected chi connectivity index (χ4v) is 2.41. The van der Waals surface area contributed by atoms with Crippen LogP contribution in [0.5, 0.6) is 0 Å². The Labute approximate surface area is 145 Å². The number of amidine groups is 1. The van der Waals surface area contributed by atoms with Gasteiger partial charge in [-0.1, -0.05) is 58.4 Å². The van der Waals surface area contributed by atoms with E-state index >= 15 is 0 Å². The minimum atomic E-state index is -0.366. The molecule has 2 aromatic rings. The van der Waals surface area contributed by atoms with E-state index in [1.54, 1.807) is 6.08 Å². The van der Waals surface area contributed by atoms with Crippen molar-refractivity contribution in [3.05, 3.63) is 76.3 Å². The molecule has 1 unspecified atom stereocenters. The summed E-state index contributed by atoms with van der Waals surface area (Å²) >= 11 is 3.42. The van der Waals surface area contributed by atoms with E-state index in [-0.39, 0.29) is 11.9 Å². The lowest BCUT2D eigenvalue weighted by molar-refractivity contribution is 0.349. The Kier molecular flexibility index (Phi) is 5.96. The smallest absolute Gasteiger partial charge is 0.127 e. The molecule has 0 aromatic heterocycles. The van der Waals surface area contributed by atoms with Crippen LogP contribution >= 0.6 is 15.9 Å². The average molecular weight is 374 g/mol. The van der Waals surface area contributed by atoms with Crippen molar-refractivity contribution in [2.24, 2.45) is 10.7 Å². The van der Waals surface area contributed by atoms with Gasteiger partial charge in [0.25, 0.3) is 0 Å². The number of aliphatic hydroxyl groups excluding tert-OH is 1. The lowest BCUT2D eigenvalue weighted by Crippen LogP contribution is -2.28. The van der Waals surface area contributed by atoms with Crippen molar-refractivity contribution in [2.45, 2.75) is 6.17 Å². The van der Waals surface area contributed by atoms with Crippen LogP contribution in [-0.2, 0) is 0 Å². The molecule has 0 amide bonds. The first-order chi connectivity index (χ1) is 11.0. The summed E-state index contributed by atoms with van der Waals surface area (Å²) in [5.41, 5.74) is 7.69. The summed E-state index contributed by atoms with van der Waals surface area (Å²) in [5, 5.41) is 10.3. The minimum absolute atomic E-state index is 0.176. The molecule has 2 rings (SSSR count). The molecule has 4 nitrogen and oxygen atoms in total. The summed E-state index contributed by atoms with van der Waals surface area (Å²) in [7, 11) is 3.77. The molecule has 23 heavy (non-hydrogen) atoms. The van der Waals surface area contributed by atoms with E-state index in [1.807, 2.05) is 73.6 Å². The molecule has 0 heterocycles. The number of likely N-dealkylation sites (N-methyl/N-ethyl adjacent to an activating group) is 1. The first-order valence-electron chi connectivity index (χ1n) is 7.19. The highest BCUT2D eigenvalue weighted by Gasteiger charge is 2.11. The number of benzene rings is 2. The Morgan fingerprint density at radius 1 is 1.13 bits per heavy atom. The zero-order valence-electron chi connectivity index (χ0n) is 13.1. The SMILES string of the molecule is CN(C)C(/C=C(/O)c1ccccc1)/N=C(\N)c1cccc(Br)c1. The van der Waals surface area contributed by atoms with Crippen LogP contribution in [0.15, 0.2) is 70.1 Å². The van der Waals surface area contributed by atoms with Gasteiger partial charge in [0, 0.05) is 15.6 Å². The topological polar surface area (TPSA) is 61.8 Å². The van der Waals surface area contributed by atoms with Crippen LogP contribution in [0, 0.1) is 0 Å². The molecular formula is C18H20BrN3O. The van der Waals surface area contributed by atoms with E-state index in [0.717, 1.165) is 15.6 Å². The largest absolute Gasteiger partial charge is 0.508 e. The fourth-order valence-electron chi connectivity index (χ4n) is 2.01. The predicted octanol–water partition coefficient (Wildman–Crippen LogP) is 3.64. The van der Waals surface area contributed by atoms with Crippen molar-refractivity contribution in [3.8, 4) is 0 Å². The standard InChI is InChI=1S/C18H20BrN3O/c1-22(2)17(12-16(23)13-7-4-3-5-8-13)21-18(20)14-9-6-10-15(19)11-14/h3-12,17,23H,1-2H3,(H2,20,21)/b16-12+. The highest BCUT2D eigenvalue weighted by Crippen LogP contribution is 2.15. The van der Waals surface area contributed by atoms with Crippen LogP contribution in [0.25, 0.3) is 5.76 Å². The molecule has 2 aromatic carbocycles. The maximum absolute atomic E-state index is 10.3. The Balaban J connectivity index is 2.30. The maximum atomic E-state index is 10.3. The highest BCUT2D eigenvalue weighted by molar-refractivity contribution is 9.10. The number of hydrogen-bond donors (Lipinski definition) is 2. The number of nitrogens with two attached hydrogens (primary N) is 1. The van der Waals surface area contributed by atoms with E-state index in [4.69, 9.17) is 5.73 Å². The number of aliphatic imine (C=N–C) groups is 1. The molecule has 0 spiro atoms. The lowest BCUT2D eigenvalue weighted by Gasteiger charge is -2.18. The van der Waals surface area contributed by atoms with Gasteiger partial charge in [0.05, 0.1) is 0 Å². The molecule has 0 saturated carbocycles. The molecule has 1 atom stereocenters. The molecule has 0 radical (unpaired) electrons. The number of nitrogens with zero attached hydrogens (tertiary/aromatic N) is 2. The molecule has 0 aliphatic heterocycles. The summed E-state index contributed by atoms with van der Waals surface area (Å²) in [6.07, 6.45) is 1.31. The maximum Gasteiger partial charge on any atom is 0.127 e. The van der Waals surface area contributed by atoms with Crippen LogP contribution in [0.2, 0.25) is 0 Å². The van der Waals surface area contributed by atoms with Gasteiger partial charge >= 0.3 is 0 Å². The Morgan fingerprint density at radius 3 is 2.39 bits per heavy atom. The van der Waals surface area contributed by atoms with Gasteiger partial charge < -0.3 is 10.8 Å². The Morgan fingerprint density at radius 2 is 1.78 bits per heavy atom. The molecular weight excluding hydrogens is 354 g/mol. The molecule has 0 fully saturated rings. The lowest BCUT2D eigenvalue weighted by atomic mass is 10.1. The van der Waals surface area contributed by atoms with E-state index in [1.165, 1.54) is 0 Å². The first kappa shape index (κ1) is 17.2. The Hall–Kier alpha value is -2.11. The van der Waals surface area contributed by atoms with Crippen molar-refractivity contribution < 1.29 is 5.11 Å². The first-order valence-corrected chi connectivity index (χ1v) is 7.98. The summed E-state index contributed by atoms with van der Waals surface area (Å²) in [5.74, 6) is 0.595. The van der Waals surface area contributed by atoms with Crippen molar-refractivity contribution in [1.82, 2.24) is 4.90 Å². The van der Waals surface area contributed by atoms with Gasteiger partial charge in [0.1, 0.15) is 17.8 Å². The van der Waals surface area contributed by atoms with Gasteiger partial charge in [-0.3, -0.25) is 4.90 Å². The second-order valence-electron chi connectivity index (χ2n) is 5.32. The van der Waals surface area contributed by atoms with Gasteiger partial charge in [-0.05, 0) is 32.3 Å². The second-order valence-corrected chi connectivity index (χ2v) is 6.24. The molecule has 5 heteroatoms. The van der Waals surface area contributed by atoms with Crippen LogP contribution in [0.3, 0.4) is 0 Å². The highest BCUT2D eigenvalue weighted by atomic mass is 79.9. The van der Waals surface area contributed by atoms with Gasteiger partial charge in [-0.15, -0.1) is 0 Å². The molecule has 0 saturated heterocycles. The number of hydrogen-bond acceptors (Lipinski definition) is 3. The van der Waals surface area contributed by atoms with Crippen molar-refractivity contribution >= 4 is 27.5 Å². The van der Waals surface area contributed by atoms with Gasteiger partial charge in [-0.2, -0.15) is 0 Å². The van der Waals surface area contributed by atoms with E-state index in [9.17, 15) is 5.11 Å². The van der Waals surface area contributed by atoms with Gasteiger partial charge in [0.15, 0.2) is 0 Å². The van der Waals surface area contributed by atoms with Crippen molar-refractivity contribution in [2.75, 3.05) is 14.1 Å². The fraction of sp³-hybridized carbons (Fsp3) is 0.167. The molecule has 120 valence electrons. The third kappa shape index (κ3) is 4.94. The van der Waals surface area contributed by atoms with Crippen LogP contribution < -0.4 is 5.73 Å². The van der Waals surface area contributed by atoms with Crippen LogP contribution in [0.1, 0.15) is 11.1 Å². The monoisotopic (exact) mass is 373 g/mol. The van der Waals surface area contributed by atoms with E-state index in [2.05, 4.69) is 20.9 Å². The third-order valence-corrected chi connectivity index (χ3v) is 3.79. The normalized spacial score (nSPS) is 14.1. The van der Waals surface area contributed by atoms with Gasteiger partial charge in [-0.25, -0.2) is 4.99 Å². The predicted molar refractivity (Wildman–Crippen MR) is 99.4 cm³/mol. The summed E-state index contributed by atoms with van der Waals surface area (Å²) in [6, 6.07) is 17.0. The summed E-state index contributed by atoms with van der Waals surface area (Å²) < 4.78 is 0.942. The number of rotatable bonds is 5. The van der Waals surface area contributed by atoms with E-state index in [0.29, 0.717) is 5.84 Å². The van der Waals surface area contributed by atoms with Crippen LogP contribution in [-0.4, -0.2) is 36.1 Å². The molecule has 3 N–H and O–H groups in total. The summed E-state index contributed by atoms with van der Waals surface area (Å²) in [6.45, 7) is 0. The number of halogens is 1. The van der Waals surface area contributed by atoms with Crippen LogP contribution in [0.4, 0.5) is 0 Å². The van der Waals surface area contributed by atoms with Crippen molar-refractivity contribution in [1.29, 1.82) is 0 Å². The zero-order valence-corrected chi connectivity index (χ0v) is 14.7. The van der Waals surface area contributed by atoms with Crippen molar-refractivity contribution in [3.63, 3.8) is 0 Å². The quantitative estimate of drug-likeness (QED) is 0.477. The average Bonchev–Trinajstić information content (AvgIpc) is 2.54. The second kappa shape index (κ2) is 7.94. The number of aliphatic hydroxyl groups is 1. The Bertz CT molecular complexity index is 711. The molecule has 0 aliphatic carbocycles. The molecule has 0 aliphatic rings. The summed E-state index contributed by atoms with van der Waals surface area (Å²) in [4.78, 5) is 6.39. The third-order valence-electron chi connectivity index (χ3n) is 3.30. The van der Waals surface area contributed by atoms with E-state index < -0.39 is 0 Å². The minimum Gasteiger partial charge on any atom is -0.508 e. The molecule has 0 bridgehead atoms. The van der Waals surface area contributed by atoms with Gasteiger partial charge in [0.2, 0.25) is 0 Å².